The molecule has 0 aliphatic carbocycles. The molecule has 0 unspecified atom stereocenters. The maximum absolute atomic E-state index is 12.5. The summed E-state index contributed by atoms with van der Waals surface area (Å²) in [5, 5.41) is 2.56. The van der Waals surface area contributed by atoms with Gasteiger partial charge in [0.25, 0.3) is 0 Å². The van der Waals surface area contributed by atoms with Gasteiger partial charge in [-0.15, -0.1) is 0 Å². The maximum atomic E-state index is 12.5. The van der Waals surface area contributed by atoms with E-state index in [1.54, 1.807) is 19.9 Å². The van der Waals surface area contributed by atoms with Gasteiger partial charge in [-0.1, -0.05) is 19.1 Å². The summed E-state index contributed by atoms with van der Waals surface area (Å²) in [6.07, 6.45) is 0. The fraction of sp³-hybridized carbons (Fsp3) is 0.429. The van der Waals surface area contributed by atoms with E-state index in [2.05, 4.69) is 5.32 Å². The zero-order chi connectivity index (χ0) is 16.0. The topological polar surface area (TPSA) is 83.6 Å². The number of carbonyl (C=O) groups excluding carboxylic acids is 2. The number of sulfonamides is 1. The molecule has 1 rings (SSSR count). The Balaban J connectivity index is 3.10. The van der Waals surface area contributed by atoms with E-state index in [1.165, 1.54) is 25.1 Å². The number of amides is 1. The third-order valence-corrected chi connectivity index (χ3v) is 4.84. The van der Waals surface area contributed by atoms with Crippen molar-refractivity contribution in [2.45, 2.75) is 25.7 Å². The van der Waals surface area contributed by atoms with Crippen LogP contribution in [0.3, 0.4) is 0 Å². The van der Waals surface area contributed by atoms with Gasteiger partial charge in [-0.3, -0.25) is 9.59 Å². The predicted molar refractivity (Wildman–Crippen MR) is 79.6 cm³/mol. The number of nitrogens with one attached hydrogen (secondary N) is 1. The Hall–Kier alpha value is -1.73. The minimum Gasteiger partial charge on any atom is -0.355 e. The van der Waals surface area contributed by atoms with Crippen LogP contribution in [-0.2, 0) is 14.8 Å². The van der Waals surface area contributed by atoms with Gasteiger partial charge in [0.2, 0.25) is 15.9 Å². The van der Waals surface area contributed by atoms with E-state index >= 15 is 0 Å². The quantitative estimate of drug-likeness (QED) is 0.762. The van der Waals surface area contributed by atoms with Crippen LogP contribution in [0.15, 0.2) is 29.2 Å². The maximum Gasteiger partial charge on any atom is 0.243 e. The van der Waals surface area contributed by atoms with E-state index in [-0.39, 0.29) is 29.7 Å². The van der Waals surface area contributed by atoms with Crippen molar-refractivity contribution in [2.24, 2.45) is 0 Å². The van der Waals surface area contributed by atoms with Crippen molar-refractivity contribution in [1.82, 2.24) is 9.62 Å². The van der Waals surface area contributed by atoms with Gasteiger partial charge >= 0.3 is 0 Å². The molecule has 0 aromatic heterocycles. The summed E-state index contributed by atoms with van der Waals surface area (Å²) in [4.78, 5) is 23.0. The van der Waals surface area contributed by atoms with Crippen molar-refractivity contribution in [3.05, 3.63) is 29.8 Å². The average molecular weight is 312 g/mol. The summed E-state index contributed by atoms with van der Waals surface area (Å²) >= 11 is 0. The molecule has 1 aromatic rings. The summed E-state index contributed by atoms with van der Waals surface area (Å²) in [7, 11) is -3.80. The highest BCUT2D eigenvalue weighted by Crippen LogP contribution is 2.17. The van der Waals surface area contributed by atoms with Crippen LogP contribution in [-0.4, -0.2) is 44.0 Å². The second-order valence-corrected chi connectivity index (χ2v) is 6.41. The van der Waals surface area contributed by atoms with Crippen LogP contribution in [0.2, 0.25) is 0 Å². The van der Waals surface area contributed by atoms with Crippen LogP contribution >= 0.6 is 0 Å². The van der Waals surface area contributed by atoms with E-state index in [4.69, 9.17) is 0 Å². The van der Waals surface area contributed by atoms with Crippen molar-refractivity contribution in [3.8, 4) is 0 Å². The predicted octanol–water partition coefficient (Wildman–Crippen LogP) is 1.04. The second-order valence-electron chi connectivity index (χ2n) is 4.47. The van der Waals surface area contributed by atoms with E-state index in [1.807, 2.05) is 0 Å². The average Bonchev–Trinajstić information content (AvgIpc) is 2.45. The lowest BCUT2D eigenvalue weighted by Gasteiger charge is -2.20. The molecule has 116 valence electrons. The number of ketones is 1. The Labute approximate surface area is 125 Å². The van der Waals surface area contributed by atoms with Crippen LogP contribution in [0.4, 0.5) is 0 Å². The smallest absolute Gasteiger partial charge is 0.243 e. The molecule has 0 fully saturated rings. The first-order chi connectivity index (χ1) is 9.82. The minimum absolute atomic E-state index is 0.0151. The van der Waals surface area contributed by atoms with Crippen LogP contribution < -0.4 is 5.32 Å². The molecule has 0 aliphatic rings. The van der Waals surface area contributed by atoms with Crippen molar-refractivity contribution in [1.29, 1.82) is 0 Å². The molecule has 0 saturated carbocycles. The Morgan fingerprint density at radius 1 is 1.24 bits per heavy atom. The van der Waals surface area contributed by atoms with E-state index < -0.39 is 10.0 Å². The van der Waals surface area contributed by atoms with Crippen LogP contribution in [0.1, 0.15) is 31.1 Å². The number of hydrogen-bond acceptors (Lipinski definition) is 4. The van der Waals surface area contributed by atoms with Crippen LogP contribution in [0.5, 0.6) is 0 Å². The third-order valence-electron chi connectivity index (χ3n) is 2.92. The third kappa shape index (κ3) is 4.37. The lowest BCUT2D eigenvalue weighted by Crippen LogP contribution is -2.40. The summed E-state index contributed by atoms with van der Waals surface area (Å²) < 4.78 is 26.1. The van der Waals surface area contributed by atoms with Gasteiger partial charge in [-0.2, -0.15) is 4.31 Å². The fourth-order valence-electron chi connectivity index (χ4n) is 1.80. The van der Waals surface area contributed by atoms with Gasteiger partial charge in [-0.05, 0) is 26.0 Å². The summed E-state index contributed by atoms with van der Waals surface area (Å²) in [5.41, 5.74) is 0.324. The lowest BCUT2D eigenvalue weighted by atomic mass is 10.2. The Morgan fingerprint density at radius 3 is 2.43 bits per heavy atom. The first-order valence-corrected chi connectivity index (χ1v) is 8.14. The molecular formula is C14H20N2O4S. The molecule has 0 spiro atoms. The van der Waals surface area contributed by atoms with E-state index in [0.29, 0.717) is 12.1 Å². The molecule has 1 aromatic carbocycles. The van der Waals surface area contributed by atoms with Crippen molar-refractivity contribution < 1.29 is 18.0 Å². The van der Waals surface area contributed by atoms with Gasteiger partial charge < -0.3 is 5.32 Å². The Bertz CT molecular complexity index is 626. The van der Waals surface area contributed by atoms with E-state index in [0.717, 1.165) is 4.31 Å². The molecular weight excluding hydrogens is 292 g/mol. The molecule has 21 heavy (non-hydrogen) atoms. The number of hydrogen-bond donors (Lipinski definition) is 1. The first-order valence-electron chi connectivity index (χ1n) is 6.70. The van der Waals surface area contributed by atoms with Crippen LogP contribution in [0.25, 0.3) is 0 Å². The second kappa shape index (κ2) is 7.33. The molecule has 6 nitrogen and oxygen atoms in total. The molecule has 0 heterocycles. The summed E-state index contributed by atoms with van der Waals surface area (Å²) in [6.45, 7) is 5.17. The van der Waals surface area contributed by atoms with Gasteiger partial charge in [0, 0.05) is 18.7 Å². The SMILES string of the molecule is CCNC(=O)CN(CC)S(=O)(=O)c1cccc(C(C)=O)c1. The highest BCUT2D eigenvalue weighted by Gasteiger charge is 2.25. The Morgan fingerprint density at radius 2 is 1.90 bits per heavy atom. The van der Waals surface area contributed by atoms with Crippen LogP contribution in [0, 0.1) is 0 Å². The van der Waals surface area contributed by atoms with Gasteiger partial charge in [-0.25, -0.2) is 8.42 Å². The molecule has 1 amide bonds. The zero-order valence-corrected chi connectivity index (χ0v) is 13.2. The molecule has 0 radical (unpaired) electrons. The van der Waals surface area contributed by atoms with Crippen molar-refractivity contribution in [3.63, 3.8) is 0 Å². The molecule has 0 bridgehead atoms. The monoisotopic (exact) mass is 312 g/mol. The summed E-state index contributed by atoms with van der Waals surface area (Å²) in [6, 6.07) is 5.82. The van der Waals surface area contributed by atoms with Crippen molar-refractivity contribution in [2.75, 3.05) is 19.6 Å². The normalized spacial score (nSPS) is 11.4. The Kier molecular flexibility index (Phi) is 6.04. The molecule has 7 heteroatoms. The fourth-order valence-corrected chi connectivity index (χ4v) is 3.26. The van der Waals surface area contributed by atoms with Gasteiger partial charge in [0.05, 0.1) is 11.4 Å². The number of carbonyl (C=O) groups is 2. The first kappa shape index (κ1) is 17.3. The highest BCUT2D eigenvalue weighted by atomic mass is 32.2. The number of rotatable bonds is 7. The standard InChI is InChI=1S/C14H20N2O4S/c1-4-15-14(18)10-16(5-2)21(19,20)13-8-6-7-12(9-13)11(3)17/h6-9H,4-5,10H2,1-3H3,(H,15,18). The van der Waals surface area contributed by atoms with Gasteiger partial charge in [0.15, 0.2) is 5.78 Å². The van der Waals surface area contributed by atoms with E-state index in [9.17, 15) is 18.0 Å². The molecule has 0 saturated heterocycles. The van der Waals surface area contributed by atoms with Crippen molar-refractivity contribution >= 4 is 21.7 Å². The molecule has 0 aliphatic heterocycles. The number of Topliss-reactive ketones (excluding diaryl/α,β-unsaturated/α-hetero) is 1. The van der Waals surface area contributed by atoms with Gasteiger partial charge in [0.1, 0.15) is 0 Å². The minimum atomic E-state index is -3.80. The number of benzene rings is 1. The lowest BCUT2D eigenvalue weighted by molar-refractivity contribution is -0.121. The number of nitrogens with zero attached hydrogens (tertiary/aromatic N) is 1. The molecule has 1 N–H and O–H groups in total. The summed E-state index contributed by atoms with van der Waals surface area (Å²) in [5.74, 6) is -0.565. The number of likely N-dealkylation sites (N-methyl/N-ethyl adjacent to an activating group) is 2. The zero-order valence-electron chi connectivity index (χ0n) is 12.4. The highest BCUT2D eigenvalue weighted by molar-refractivity contribution is 7.89. The molecule has 0 atom stereocenters. The largest absolute Gasteiger partial charge is 0.355 e.